The summed E-state index contributed by atoms with van der Waals surface area (Å²) in [7, 11) is 2.18. The minimum atomic E-state index is 0.284. The summed E-state index contributed by atoms with van der Waals surface area (Å²) in [6.45, 7) is 3.31. The van der Waals surface area contributed by atoms with Crippen LogP contribution in [0.4, 0.5) is 0 Å². The van der Waals surface area contributed by atoms with E-state index in [-0.39, 0.29) is 5.91 Å². The van der Waals surface area contributed by atoms with Crippen molar-refractivity contribution in [2.24, 2.45) is 0 Å². The van der Waals surface area contributed by atoms with Gasteiger partial charge < -0.3 is 9.80 Å². The van der Waals surface area contributed by atoms with Gasteiger partial charge >= 0.3 is 0 Å². The Labute approximate surface area is 120 Å². The summed E-state index contributed by atoms with van der Waals surface area (Å²) < 4.78 is 0. The number of carbonyl (C=O) groups is 1. The first kappa shape index (κ1) is 13.6. The summed E-state index contributed by atoms with van der Waals surface area (Å²) in [6.07, 6.45) is 2.91. The minimum Gasteiger partial charge on any atom is -0.329 e. The maximum atomic E-state index is 11.8. The molecule has 4 nitrogen and oxygen atoms in total. The molecule has 1 aromatic carbocycles. The molecule has 1 aromatic rings. The molecule has 0 unspecified atom stereocenters. The molecule has 1 aliphatic carbocycles. The maximum absolute atomic E-state index is 11.8. The lowest BCUT2D eigenvalue weighted by molar-refractivity contribution is -0.133. The van der Waals surface area contributed by atoms with Gasteiger partial charge in [-0.25, -0.2) is 0 Å². The first-order valence-electron chi connectivity index (χ1n) is 7.49. The summed E-state index contributed by atoms with van der Waals surface area (Å²) in [5, 5.41) is 3.26. The second-order valence-electron chi connectivity index (χ2n) is 5.88. The van der Waals surface area contributed by atoms with Crippen molar-refractivity contribution < 1.29 is 4.79 Å². The number of benzene rings is 1. The van der Waals surface area contributed by atoms with Gasteiger partial charge in [0.25, 0.3) is 0 Å². The number of likely N-dealkylation sites (N-methyl/N-ethyl adjacent to an activating group) is 1. The number of fused-ring (bicyclic) bond motifs is 1. The van der Waals surface area contributed by atoms with Crippen LogP contribution >= 0.6 is 0 Å². The third-order valence-corrected chi connectivity index (χ3v) is 4.55. The molecular weight excluding hydrogens is 250 g/mol. The van der Waals surface area contributed by atoms with E-state index in [4.69, 9.17) is 0 Å². The highest BCUT2D eigenvalue weighted by molar-refractivity contribution is 5.76. The molecule has 1 aliphatic heterocycles. The highest BCUT2D eigenvalue weighted by Gasteiger charge is 2.25. The van der Waals surface area contributed by atoms with Crippen LogP contribution in [0.15, 0.2) is 24.3 Å². The van der Waals surface area contributed by atoms with Gasteiger partial charge in [-0.05, 0) is 31.0 Å². The van der Waals surface area contributed by atoms with Crippen molar-refractivity contribution in [3.8, 4) is 0 Å². The number of rotatable bonds is 4. The van der Waals surface area contributed by atoms with Gasteiger partial charge in [0, 0.05) is 32.1 Å². The fourth-order valence-corrected chi connectivity index (χ4v) is 3.17. The van der Waals surface area contributed by atoms with Crippen molar-refractivity contribution in [2.75, 3.05) is 33.4 Å². The Morgan fingerprint density at radius 2 is 2.00 bits per heavy atom. The van der Waals surface area contributed by atoms with Crippen LogP contribution < -0.4 is 5.32 Å². The minimum absolute atomic E-state index is 0.284. The molecule has 0 spiro atoms. The van der Waals surface area contributed by atoms with Crippen molar-refractivity contribution in [1.29, 1.82) is 0 Å². The Bertz CT molecular complexity index is 463. The van der Waals surface area contributed by atoms with Crippen molar-refractivity contribution in [3.63, 3.8) is 0 Å². The molecule has 0 saturated carbocycles. The zero-order chi connectivity index (χ0) is 13.9. The molecule has 1 heterocycles. The zero-order valence-corrected chi connectivity index (χ0v) is 12.1. The third-order valence-electron chi connectivity index (χ3n) is 4.55. The standard InChI is InChI=1S/C16H23N3O/c1-18(8-9-19-12-17-7-6-16(19)20)15-10-13-4-2-3-5-14(13)11-15/h2-5,15,17H,6-12H2,1H3. The van der Waals surface area contributed by atoms with Gasteiger partial charge in [-0.15, -0.1) is 0 Å². The van der Waals surface area contributed by atoms with Crippen LogP contribution in [-0.4, -0.2) is 55.1 Å². The fourth-order valence-electron chi connectivity index (χ4n) is 3.17. The van der Waals surface area contributed by atoms with Gasteiger partial charge in [-0.2, -0.15) is 0 Å². The number of hydrogen-bond donors (Lipinski definition) is 1. The van der Waals surface area contributed by atoms with E-state index in [2.05, 4.69) is 41.5 Å². The number of nitrogens with zero attached hydrogens (tertiary/aromatic N) is 2. The first-order chi connectivity index (χ1) is 9.74. The zero-order valence-electron chi connectivity index (χ0n) is 12.1. The van der Waals surface area contributed by atoms with E-state index >= 15 is 0 Å². The molecule has 1 N–H and O–H groups in total. The van der Waals surface area contributed by atoms with E-state index in [9.17, 15) is 4.79 Å². The lowest BCUT2D eigenvalue weighted by Gasteiger charge is -2.31. The van der Waals surface area contributed by atoms with Gasteiger partial charge in [0.15, 0.2) is 0 Å². The van der Waals surface area contributed by atoms with E-state index in [1.165, 1.54) is 11.1 Å². The summed E-state index contributed by atoms with van der Waals surface area (Å²) in [5.74, 6) is 0.284. The molecule has 3 rings (SSSR count). The largest absolute Gasteiger partial charge is 0.329 e. The van der Waals surface area contributed by atoms with Gasteiger partial charge in [0.1, 0.15) is 0 Å². The van der Waals surface area contributed by atoms with Crippen LogP contribution in [0, 0.1) is 0 Å². The molecule has 1 amide bonds. The van der Waals surface area contributed by atoms with Crippen LogP contribution in [0.25, 0.3) is 0 Å². The predicted molar refractivity (Wildman–Crippen MR) is 79.5 cm³/mol. The van der Waals surface area contributed by atoms with Crippen molar-refractivity contribution in [1.82, 2.24) is 15.1 Å². The molecule has 0 aromatic heterocycles. The van der Waals surface area contributed by atoms with Crippen LogP contribution in [0.3, 0.4) is 0 Å². The number of hydrogen-bond acceptors (Lipinski definition) is 3. The van der Waals surface area contributed by atoms with Crippen LogP contribution in [-0.2, 0) is 17.6 Å². The predicted octanol–water partition coefficient (Wildman–Crippen LogP) is 0.865. The average Bonchev–Trinajstić information content (AvgIpc) is 2.90. The summed E-state index contributed by atoms with van der Waals surface area (Å²) in [6, 6.07) is 9.31. The Hall–Kier alpha value is -1.39. The van der Waals surface area contributed by atoms with E-state index in [1.807, 2.05) is 4.90 Å². The molecule has 1 saturated heterocycles. The number of nitrogens with one attached hydrogen (secondary N) is 1. The highest BCUT2D eigenvalue weighted by Crippen LogP contribution is 2.24. The Balaban J connectivity index is 1.51. The van der Waals surface area contributed by atoms with Gasteiger partial charge in [-0.3, -0.25) is 10.1 Å². The Morgan fingerprint density at radius 1 is 1.30 bits per heavy atom. The van der Waals surface area contributed by atoms with Gasteiger partial charge in [0.05, 0.1) is 6.67 Å². The maximum Gasteiger partial charge on any atom is 0.224 e. The fraction of sp³-hybridized carbons (Fsp3) is 0.562. The second-order valence-corrected chi connectivity index (χ2v) is 5.88. The molecule has 4 heteroatoms. The highest BCUT2D eigenvalue weighted by atomic mass is 16.2. The number of amides is 1. The SMILES string of the molecule is CN(CCN1CNCCC1=O)C1Cc2ccccc2C1. The smallest absolute Gasteiger partial charge is 0.224 e. The topological polar surface area (TPSA) is 35.6 Å². The summed E-state index contributed by atoms with van der Waals surface area (Å²) in [5.41, 5.74) is 2.97. The molecular formula is C16H23N3O. The lowest BCUT2D eigenvalue weighted by atomic mass is 10.1. The first-order valence-corrected chi connectivity index (χ1v) is 7.49. The molecule has 108 valence electrons. The van der Waals surface area contributed by atoms with Gasteiger partial charge in [-0.1, -0.05) is 24.3 Å². The Morgan fingerprint density at radius 3 is 2.65 bits per heavy atom. The van der Waals surface area contributed by atoms with Crippen molar-refractivity contribution in [3.05, 3.63) is 35.4 Å². The monoisotopic (exact) mass is 273 g/mol. The van der Waals surface area contributed by atoms with E-state index in [0.29, 0.717) is 19.1 Å². The average molecular weight is 273 g/mol. The van der Waals surface area contributed by atoms with E-state index in [1.54, 1.807) is 0 Å². The quantitative estimate of drug-likeness (QED) is 0.884. The van der Waals surface area contributed by atoms with Gasteiger partial charge in [0.2, 0.25) is 5.91 Å². The summed E-state index contributed by atoms with van der Waals surface area (Å²) >= 11 is 0. The van der Waals surface area contributed by atoms with Crippen molar-refractivity contribution in [2.45, 2.75) is 25.3 Å². The van der Waals surface area contributed by atoms with E-state index < -0.39 is 0 Å². The Kier molecular flexibility index (Phi) is 4.03. The van der Waals surface area contributed by atoms with Crippen LogP contribution in [0.1, 0.15) is 17.5 Å². The lowest BCUT2D eigenvalue weighted by Crippen LogP contribution is -2.49. The third kappa shape index (κ3) is 2.86. The molecule has 1 fully saturated rings. The summed E-state index contributed by atoms with van der Waals surface area (Å²) in [4.78, 5) is 16.1. The van der Waals surface area contributed by atoms with Crippen LogP contribution in [0.2, 0.25) is 0 Å². The molecule has 0 radical (unpaired) electrons. The second kappa shape index (κ2) is 5.94. The molecule has 0 bridgehead atoms. The van der Waals surface area contributed by atoms with Crippen LogP contribution in [0.5, 0.6) is 0 Å². The molecule has 0 atom stereocenters. The van der Waals surface area contributed by atoms with Crippen molar-refractivity contribution >= 4 is 5.91 Å². The number of carbonyl (C=O) groups excluding carboxylic acids is 1. The molecule has 2 aliphatic rings. The normalized spacial score (nSPS) is 19.7. The van der Waals surface area contributed by atoms with E-state index in [0.717, 1.165) is 32.5 Å². The molecule has 20 heavy (non-hydrogen) atoms.